The maximum Gasteiger partial charge on any atom is 0.500 e. The van der Waals surface area contributed by atoms with Crippen LogP contribution in [0.3, 0.4) is 0 Å². The summed E-state index contributed by atoms with van der Waals surface area (Å²) in [6.45, 7) is 7.78. The van der Waals surface area contributed by atoms with Crippen molar-refractivity contribution in [3.05, 3.63) is 0 Å². The number of hydrogen-bond acceptors (Lipinski definition) is 3. The molecular weight excluding hydrogens is 282 g/mol. The second-order valence-corrected chi connectivity index (χ2v) is 9.49. The lowest BCUT2D eigenvalue weighted by molar-refractivity contribution is -0.932. The molecule has 0 N–H and O–H groups in total. The topological polar surface area (TPSA) is 27.7 Å². The van der Waals surface area contributed by atoms with Crippen LogP contribution in [0, 0.1) is 0 Å². The summed E-state index contributed by atoms with van der Waals surface area (Å²) >= 11 is 0. The zero-order valence-corrected chi connectivity index (χ0v) is 15.7. The smallest absolute Gasteiger partial charge is 0.377 e. The van der Waals surface area contributed by atoms with E-state index in [9.17, 15) is 0 Å². The van der Waals surface area contributed by atoms with Gasteiger partial charge in [-0.15, -0.1) is 0 Å². The minimum atomic E-state index is -2.36. The first-order chi connectivity index (χ1) is 10.2. The van der Waals surface area contributed by atoms with E-state index in [1.54, 1.807) is 21.3 Å². The Bertz CT molecular complexity index is 258. The summed E-state index contributed by atoms with van der Waals surface area (Å²) in [6, 6.07) is 0.935. The normalized spacial score (nSPS) is 18.9. The molecule has 0 aromatic carbocycles. The average molecular weight is 319 g/mol. The van der Waals surface area contributed by atoms with Crippen molar-refractivity contribution in [1.82, 2.24) is 0 Å². The lowest BCUT2D eigenvalue weighted by atomic mass is 10.1. The van der Waals surface area contributed by atoms with Crippen molar-refractivity contribution in [2.75, 3.05) is 47.5 Å². The molecule has 126 valence electrons. The van der Waals surface area contributed by atoms with Crippen LogP contribution < -0.4 is 0 Å². The van der Waals surface area contributed by atoms with Crippen molar-refractivity contribution < 1.29 is 17.8 Å². The van der Waals surface area contributed by atoms with Gasteiger partial charge in [0.1, 0.15) is 0 Å². The predicted molar refractivity (Wildman–Crippen MR) is 89.3 cm³/mol. The fourth-order valence-electron chi connectivity index (χ4n) is 3.58. The highest BCUT2D eigenvalue weighted by Gasteiger charge is 2.37. The Hall–Kier alpha value is 0.0569. The number of rotatable bonds is 11. The summed E-state index contributed by atoms with van der Waals surface area (Å²) in [6.07, 6.45) is 9.34. The third-order valence-corrected chi connectivity index (χ3v) is 7.88. The van der Waals surface area contributed by atoms with Crippen LogP contribution in [0.1, 0.15) is 51.9 Å². The van der Waals surface area contributed by atoms with Crippen LogP contribution in [0.15, 0.2) is 0 Å². The van der Waals surface area contributed by atoms with Gasteiger partial charge in [0.15, 0.2) is 0 Å². The minimum Gasteiger partial charge on any atom is -0.377 e. The molecule has 0 amide bonds. The molecule has 5 heteroatoms. The van der Waals surface area contributed by atoms with Gasteiger partial charge in [0.25, 0.3) is 0 Å². The summed E-state index contributed by atoms with van der Waals surface area (Å²) in [5.41, 5.74) is 0. The Morgan fingerprint density at radius 2 is 1.38 bits per heavy atom. The molecule has 1 aliphatic rings. The number of quaternary nitrogens is 1. The highest BCUT2D eigenvalue weighted by atomic mass is 28.4. The van der Waals surface area contributed by atoms with Crippen LogP contribution in [0.5, 0.6) is 0 Å². The van der Waals surface area contributed by atoms with Gasteiger partial charge in [-0.1, -0.05) is 13.3 Å². The zero-order chi connectivity index (χ0) is 15.6. The van der Waals surface area contributed by atoms with Gasteiger partial charge < -0.3 is 17.8 Å². The van der Waals surface area contributed by atoms with E-state index < -0.39 is 8.80 Å². The molecule has 0 saturated carbocycles. The Balaban J connectivity index is 2.39. The van der Waals surface area contributed by atoms with Gasteiger partial charge in [-0.2, -0.15) is 0 Å². The third-order valence-electron chi connectivity index (χ3n) is 5.05. The number of likely N-dealkylation sites (tertiary alicyclic amines) is 1. The lowest BCUT2D eigenvalue weighted by Crippen LogP contribution is -2.52. The van der Waals surface area contributed by atoms with Crippen molar-refractivity contribution >= 4 is 8.80 Å². The van der Waals surface area contributed by atoms with Crippen molar-refractivity contribution in [3.63, 3.8) is 0 Å². The van der Waals surface area contributed by atoms with Crippen LogP contribution in [0.4, 0.5) is 0 Å². The largest absolute Gasteiger partial charge is 0.500 e. The van der Waals surface area contributed by atoms with E-state index in [1.165, 1.54) is 69.2 Å². The molecule has 1 fully saturated rings. The van der Waals surface area contributed by atoms with Gasteiger partial charge in [0, 0.05) is 27.4 Å². The second kappa shape index (κ2) is 9.95. The fourth-order valence-corrected chi connectivity index (χ4v) is 5.38. The molecule has 1 rings (SSSR count). The van der Waals surface area contributed by atoms with E-state index in [1.807, 2.05) is 0 Å². The van der Waals surface area contributed by atoms with Crippen molar-refractivity contribution in [2.45, 2.75) is 57.9 Å². The van der Waals surface area contributed by atoms with E-state index in [-0.39, 0.29) is 0 Å². The summed E-state index contributed by atoms with van der Waals surface area (Å²) < 4.78 is 17.9. The van der Waals surface area contributed by atoms with E-state index in [2.05, 4.69) is 6.92 Å². The summed E-state index contributed by atoms with van der Waals surface area (Å²) in [5.74, 6) is 0. The van der Waals surface area contributed by atoms with Crippen LogP contribution >= 0.6 is 0 Å². The SMILES string of the molecule is CCCC[N+]1(CCCC[Si](OC)(OC)OC)CCCCC1. The lowest BCUT2D eigenvalue weighted by Gasteiger charge is -2.42. The molecule has 0 bridgehead atoms. The Morgan fingerprint density at radius 1 is 0.810 bits per heavy atom. The standard InChI is InChI=1S/C16H36NO3Si/c1-5-6-12-17(13-8-7-9-14-17)15-10-11-16-21(18-2,19-3)20-4/h5-16H2,1-4H3/q+1. The quantitative estimate of drug-likeness (QED) is 0.332. The number of unbranched alkanes of at least 4 members (excludes halogenated alkanes) is 2. The molecule has 1 aliphatic heterocycles. The summed E-state index contributed by atoms with van der Waals surface area (Å²) in [5, 5.41) is 0. The van der Waals surface area contributed by atoms with E-state index in [4.69, 9.17) is 13.3 Å². The van der Waals surface area contributed by atoms with E-state index in [0.29, 0.717) is 0 Å². The minimum absolute atomic E-state index is 0.935. The second-order valence-electron chi connectivity index (χ2n) is 6.40. The molecule has 0 aromatic heterocycles. The van der Waals surface area contributed by atoms with Gasteiger partial charge in [-0.05, 0) is 38.5 Å². The maximum atomic E-state index is 5.51. The summed E-state index contributed by atoms with van der Waals surface area (Å²) in [7, 11) is 2.76. The van der Waals surface area contributed by atoms with Crippen molar-refractivity contribution in [2.24, 2.45) is 0 Å². The highest BCUT2D eigenvalue weighted by Crippen LogP contribution is 2.23. The molecule has 1 saturated heterocycles. The molecule has 0 radical (unpaired) electrons. The predicted octanol–water partition coefficient (Wildman–Crippen LogP) is 3.45. The van der Waals surface area contributed by atoms with Crippen LogP contribution in [0.2, 0.25) is 6.04 Å². The molecule has 0 spiro atoms. The zero-order valence-electron chi connectivity index (χ0n) is 14.7. The Kier molecular flexibility index (Phi) is 9.05. The molecule has 0 atom stereocenters. The van der Waals surface area contributed by atoms with E-state index in [0.717, 1.165) is 12.5 Å². The highest BCUT2D eigenvalue weighted by molar-refractivity contribution is 6.60. The van der Waals surface area contributed by atoms with E-state index >= 15 is 0 Å². The molecule has 0 unspecified atom stereocenters. The Morgan fingerprint density at radius 3 is 1.90 bits per heavy atom. The van der Waals surface area contributed by atoms with Gasteiger partial charge >= 0.3 is 8.80 Å². The number of hydrogen-bond donors (Lipinski definition) is 0. The first kappa shape index (κ1) is 19.1. The molecular formula is C16H36NO3Si+. The van der Waals surface area contributed by atoms with Gasteiger partial charge in [0.05, 0.1) is 26.2 Å². The number of piperidine rings is 1. The average Bonchev–Trinajstić information content (AvgIpc) is 2.55. The van der Waals surface area contributed by atoms with Gasteiger partial charge in [0.2, 0.25) is 0 Å². The third kappa shape index (κ3) is 5.98. The van der Waals surface area contributed by atoms with Crippen molar-refractivity contribution in [1.29, 1.82) is 0 Å². The van der Waals surface area contributed by atoms with Crippen LogP contribution in [-0.2, 0) is 13.3 Å². The van der Waals surface area contributed by atoms with Crippen molar-refractivity contribution in [3.8, 4) is 0 Å². The van der Waals surface area contributed by atoms with Crippen LogP contribution in [0.25, 0.3) is 0 Å². The monoisotopic (exact) mass is 318 g/mol. The first-order valence-electron chi connectivity index (χ1n) is 8.66. The van der Waals surface area contributed by atoms with Gasteiger partial charge in [-0.3, -0.25) is 0 Å². The molecule has 4 nitrogen and oxygen atoms in total. The van der Waals surface area contributed by atoms with Gasteiger partial charge in [-0.25, -0.2) is 0 Å². The molecule has 21 heavy (non-hydrogen) atoms. The molecule has 0 aliphatic carbocycles. The first-order valence-corrected chi connectivity index (χ1v) is 10.6. The molecule has 1 heterocycles. The Labute approximate surface area is 132 Å². The molecule has 0 aromatic rings. The summed E-state index contributed by atoms with van der Waals surface area (Å²) in [4.78, 5) is 0. The fraction of sp³-hybridized carbons (Fsp3) is 1.00. The maximum absolute atomic E-state index is 5.51. The number of nitrogens with zero attached hydrogens (tertiary/aromatic N) is 1. The van der Waals surface area contributed by atoms with Crippen LogP contribution in [-0.4, -0.2) is 60.8 Å².